The summed E-state index contributed by atoms with van der Waals surface area (Å²) in [5.41, 5.74) is -0.899. The molecule has 0 aromatic rings. The molecule has 7 rings (SSSR count). The van der Waals surface area contributed by atoms with Crippen LogP contribution in [0.1, 0.15) is 72.1 Å². The molecule has 278 valence electrons. The Morgan fingerprint density at radius 3 is 2.27 bits per heavy atom. The molecule has 8 N–H and O–H groups in total. The van der Waals surface area contributed by atoms with Gasteiger partial charge in [-0.15, -0.1) is 0 Å². The number of ether oxygens (including phenoxy) is 5. The number of carbonyl (C=O) groups excluding carboxylic acids is 1. The van der Waals surface area contributed by atoms with E-state index in [-0.39, 0.29) is 42.3 Å². The van der Waals surface area contributed by atoms with Crippen LogP contribution in [-0.2, 0) is 28.5 Å². The molecule has 0 aromatic carbocycles. The number of hydrogen-bond donors (Lipinski definition) is 8. The van der Waals surface area contributed by atoms with Crippen molar-refractivity contribution in [2.75, 3.05) is 13.2 Å². The van der Waals surface area contributed by atoms with Gasteiger partial charge in [0.2, 0.25) is 0 Å². The average molecular weight is 699 g/mol. The van der Waals surface area contributed by atoms with Crippen molar-refractivity contribution >= 4 is 5.97 Å². The zero-order chi connectivity index (χ0) is 35.2. The second-order valence-corrected chi connectivity index (χ2v) is 16.5. The molecule has 3 heterocycles. The lowest BCUT2D eigenvalue weighted by Gasteiger charge is -2.63. The minimum absolute atomic E-state index is 0.0170. The van der Waals surface area contributed by atoms with Crippen molar-refractivity contribution in [2.45, 2.75) is 151 Å². The van der Waals surface area contributed by atoms with Crippen LogP contribution >= 0.6 is 0 Å². The zero-order valence-corrected chi connectivity index (χ0v) is 28.4. The molecule has 4 saturated carbocycles. The number of rotatable bonds is 6. The summed E-state index contributed by atoms with van der Waals surface area (Å²) in [6, 6.07) is 0. The summed E-state index contributed by atoms with van der Waals surface area (Å²) in [5.74, 6) is -0.134. The van der Waals surface area contributed by atoms with Gasteiger partial charge >= 0.3 is 5.97 Å². The Hall–Kier alpha value is -1.27. The van der Waals surface area contributed by atoms with Crippen LogP contribution in [-0.4, -0.2) is 139 Å². The Balaban J connectivity index is 0.987. The van der Waals surface area contributed by atoms with Crippen molar-refractivity contribution in [3.8, 4) is 0 Å². The summed E-state index contributed by atoms with van der Waals surface area (Å²) in [6.45, 7) is 5.57. The first-order chi connectivity index (χ1) is 23.1. The number of carbonyl (C=O) groups is 1. The molecule has 3 aliphatic heterocycles. The smallest absolute Gasteiger partial charge is 0.331 e. The van der Waals surface area contributed by atoms with Gasteiger partial charge in [0.1, 0.15) is 49.3 Å². The van der Waals surface area contributed by atoms with E-state index in [0.29, 0.717) is 12.3 Å². The van der Waals surface area contributed by atoms with Crippen LogP contribution in [0.2, 0.25) is 0 Å². The van der Waals surface area contributed by atoms with Crippen LogP contribution in [0.4, 0.5) is 0 Å². The van der Waals surface area contributed by atoms with Gasteiger partial charge in [-0.25, -0.2) is 4.79 Å². The maximum absolute atomic E-state index is 12.5. The second kappa shape index (κ2) is 13.0. The quantitative estimate of drug-likeness (QED) is 0.126. The summed E-state index contributed by atoms with van der Waals surface area (Å²) in [4.78, 5) is 11.9. The molecule has 6 fully saturated rings. The van der Waals surface area contributed by atoms with E-state index in [9.17, 15) is 45.6 Å². The fraction of sp³-hybridized carbons (Fsp3) is 0.914. The number of fused-ring (bicyclic) bond motifs is 5. The topological polar surface area (TPSA) is 225 Å². The van der Waals surface area contributed by atoms with Crippen molar-refractivity contribution in [3.05, 3.63) is 11.6 Å². The molecule has 0 radical (unpaired) electrons. The first-order valence-corrected chi connectivity index (χ1v) is 18.0. The maximum Gasteiger partial charge on any atom is 0.331 e. The lowest BCUT2D eigenvalue weighted by molar-refractivity contribution is -0.360. The molecule has 19 atom stereocenters. The molecule has 0 spiro atoms. The molecule has 7 aliphatic rings. The minimum atomic E-state index is -1.67. The monoisotopic (exact) mass is 698 g/mol. The first kappa shape index (κ1) is 36.1. The Morgan fingerprint density at radius 1 is 0.857 bits per heavy atom. The van der Waals surface area contributed by atoms with E-state index in [1.165, 1.54) is 6.08 Å². The molecule has 0 amide bonds. The molecule has 0 unspecified atom stereocenters. The Kier molecular flexibility index (Phi) is 9.57. The number of aliphatic hydroxyl groups is 8. The summed E-state index contributed by atoms with van der Waals surface area (Å²) < 4.78 is 28.7. The van der Waals surface area contributed by atoms with E-state index in [1.54, 1.807) is 6.92 Å². The lowest BCUT2D eigenvalue weighted by atomic mass is 9.43. The van der Waals surface area contributed by atoms with Crippen molar-refractivity contribution < 1.29 is 69.3 Å². The highest BCUT2D eigenvalue weighted by atomic mass is 16.7. The van der Waals surface area contributed by atoms with Crippen LogP contribution in [0.3, 0.4) is 0 Å². The van der Waals surface area contributed by atoms with Gasteiger partial charge in [-0.05, 0) is 80.6 Å². The zero-order valence-electron chi connectivity index (χ0n) is 28.4. The van der Waals surface area contributed by atoms with Gasteiger partial charge in [-0.2, -0.15) is 0 Å². The van der Waals surface area contributed by atoms with Crippen LogP contribution in [0, 0.1) is 34.5 Å². The molecule has 49 heavy (non-hydrogen) atoms. The highest BCUT2D eigenvalue weighted by molar-refractivity contribution is 5.85. The Labute approximate surface area is 285 Å². The SMILES string of the molecule is C[C@H]1O[C@@H](O[C@H]2CC[C@@]3(C)[C@H](CC[C@@H]4[C@@H]3CC[C@]3(C)[C@@H](C5=CC(=O)OC5)[C@@H](O)C[C@]43O)C2)[C@H](O)[C@@H](O)[C@H]1O[C@@H]1O[C@H](CO)[C@@H](O)[C@H](O)[C@H]1O. The predicted octanol–water partition coefficient (Wildman–Crippen LogP) is -0.749. The van der Waals surface area contributed by atoms with Gasteiger partial charge < -0.3 is 64.5 Å². The van der Waals surface area contributed by atoms with Gasteiger partial charge in [0.15, 0.2) is 12.6 Å². The highest BCUT2D eigenvalue weighted by Crippen LogP contribution is 2.70. The molecule has 14 heteroatoms. The van der Waals surface area contributed by atoms with Crippen LogP contribution in [0.5, 0.6) is 0 Å². The van der Waals surface area contributed by atoms with Crippen molar-refractivity contribution in [3.63, 3.8) is 0 Å². The number of cyclic esters (lactones) is 1. The molecule has 0 bridgehead atoms. The Bertz CT molecular complexity index is 1280. The number of hydrogen-bond acceptors (Lipinski definition) is 14. The maximum atomic E-state index is 12.5. The predicted molar refractivity (Wildman–Crippen MR) is 167 cm³/mol. The average Bonchev–Trinajstić information content (AvgIpc) is 3.57. The Morgan fingerprint density at radius 2 is 1.57 bits per heavy atom. The third kappa shape index (κ3) is 5.64. The number of aliphatic hydroxyl groups excluding tert-OH is 7. The lowest BCUT2D eigenvalue weighted by Crippen LogP contribution is -2.64. The van der Waals surface area contributed by atoms with Crippen LogP contribution < -0.4 is 0 Å². The third-order valence-electron chi connectivity index (χ3n) is 14.1. The summed E-state index contributed by atoms with van der Waals surface area (Å²) in [5, 5.41) is 86.0. The molecule has 4 aliphatic carbocycles. The molecule has 0 aromatic heterocycles. The fourth-order valence-corrected chi connectivity index (χ4v) is 11.4. The largest absolute Gasteiger partial charge is 0.458 e. The van der Waals surface area contributed by atoms with Crippen LogP contribution in [0.25, 0.3) is 0 Å². The van der Waals surface area contributed by atoms with E-state index in [2.05, 4.69) is 13.8 Å². The molecule has 14 nitrogen and oxygen atoms in total. The van der Waals surface area contributed by atoms with Crippen LogP contribution in [0.15, 0.2) is 11.6 Å². The van der Waals surface area contributed by atoms with E-state index in [1.807, 2.05) is 0 Å². The molecular formula is C35H54O14. The van der Waals surface area contributed by atoms with Gasteiger partial charge in [-0.3, -0.25) is 0 Å². The van der Waals surface area contributed by atoms with Gasteiger partial charge in [0.05, 0.1) is 30.5 Å². The van der Waals surface area contributed by atoms with E-state index < -0.39 is 91.1 Å². The molecule has 2 saturated heterocycles. The number of esters is 1. The third-order valence-corrected chi connectivity index (χ3v) is 14.1. The van der Waals surface area contributed by atoms with Gasteiger partial charge in [-0.1, -0.05) is 13.8 Å². The van der Waals surface area contributed by atoms with Crippen molar-refractivity contribution in [1.82, 2.24) is 0 Å². The van der Waals surface area contributed by atoms with Crippen molar-refractivity contribution in [1.29, 1.82) is 0 Å². The normalized spacial score (nSPS) is 56.0. The van der Waals surface area contributed by atoms with Gasteiger partial charge in [0, 0.05) is 23.8 Å². The van der Waals surface area contributed by atoms with E-state index in [0.717, 1.165) is 44.1 Å². The summed E-state index contributed by atoms with van der Waals surface area (Å²) in [7, 11) is 0. The highest BCUT2D eigenvalue weighted by Gasteiger charge is 2.70. The standard InChI is InChI=1S/C35H54O14/c1-15-30(49-32-28(42)26(40)25(39)22(13-36)48-32)27(41)29(43)31(46-15)47-18-6-8-33(2)17(11-18)4-5-20-19(33)7-9-34(3)24(16-10-23(38)45-14-16)21(37)12-35(20,34)44/h10,15,17-22,24-32,36-37,39-44H,4-9,11-14H2,1-3H3/t15-,17-,18+,19+,20-,21+,22-,24+,25-,26+,27-,28-,29-,30+,31+,32+,33+,34-,35+/m1/s1. The second-order valence-electron chi connectivity index (χ2n) is 16.5. The minimum Gasteiger partial charge on any atom is -0.458 e. The van der Waals surface area contributed by atoms with E-state index in [4.69, 9.17) is 23.7 Å². The first-order valence-electron chi connectivity index (χ1n) is 18.0. The van der Waals surface area contributed by atoms with Crippen molar-refractivity contribution in [2.24, 2.45) is 34.5 Å². The van der Waals surface area contributed by atoms with Gasteiger partial charge in [0.25, 0.3) is 0 Å². The summed E-state index contributed by atoms with van der Waals surface area (Å²) in [6.07, 6.45) is -7.24. The summed E-state index contributed by atoms with van der Waals surface area (Å²) >= 11 is 0. The molecular weight excluding hydrogens is 644 g/mol. The fourth-order valence-electron chi connectivity index (χ4n) is 11.4. The van der Waals surface area contributed by atoms with E-state index >= 15 is 0 Å².